The molecule has 112 valence electrons. The molecule has 0 bridgehead atoms. The molecule has 2 aromatic heterocycles. The van der Waals surface area contributed by atoms with Gasteiger partial charge in [-0.25, -0.2) is 9.97 Å². The zero-order chi connectivity index (χ0) is 15.5. The van der Waals surface area contributed by atoms with E-state index in [1.807, 2.05) is 0 Å². The number of hydrogen-bond acceptors (Lipinski definition) is 5. The number of anilines is 1. The quantitative estimate of drug-likeness (QED) is 0.777. The zero-order valence-corrected chi connectivity index (χ0v) is 13.2. The predicted molar refractivity (Wildman–Crippen MR) is 90.1 cm³/mol. The lowest BCUT2D eigenvalue weighted by Crippen LogP contribution is -2.26. The molecule has 0 atom stereocenters. The van der Waals surface area contributed by atoms with E-state index in [9.17, 15) is 4.79 Å². The summed E-state index contributed by atoms with van der Waals surface area (Å²) in [6, 6.07) is 8.35. The van der Waals surface area contributed by atoms with Crippen LogP contribution in [-0.2, 0) is 4.79 Å². The van der Waals surface area contributed by atoms with Crippen molar-refractivity contribution >= 4 is 33.3 Å². The first kappa shape index (κ1) is 14.5. The number of nitrogens with zero attached hydrogens (tertiary/aromatic N) is 2. The first-order valence-corrected chi connectivity index (χ1v) is 7.80. The van der Waals surface area contributed by atoms with Crippen LogP contribution < -0.4 is 10.6 Å². The molecule has 2 N–H and O–H groups in total. The first-order chi connectivity index (χ1) is 10.7. The number of carbonyl (C=O) groups excluding carboxylic acids is 1. The van der Waals surface area contributed by atoms with Gasteiger partial charge in [-0.3, -0.25) is 4.79 Å². The summed E-state index contributed by atoms with van der Waals surface area (Å²) in [6.07, 6.45) is 1.52. The second kappa shape index (κ2) is 6.11. The van der Waals surface area contributed by atoms with Crippen LogP contribution in [0.1, 0.15) is 5.56 Å². The third kappa shape index (κ3) is 2.78. The lowest BCUT2D eigenvalue weighted by atomic mass is 10.0. The van der Waals surface area contributed by atoms with Gasteiger partial charge in [-0.15, -0.1) is 11.3 Å². The van der Waals surface area contributed by atoms with E-state index in [2.05, 4.69) is 57.2 Å². The molecule has 0 saturated carbocycles. The summed E-state index contributed by atoms with van der Waals surface area (Å²) in [7, 11) is 1.61. The summed E-state index contributed by atoms with van der Waals surface area (Å²) < 4.78 is 0. The number of carbonyl (C=O) groups is 1. The van der Waals surface area contributed by atoms with Crippen molar-refractivity contribution in [3.05, 3.63) is 41.5 Å². The molecule has 1 aromatic carbocycles. The van der Waals surface area contributed by atoms with E-state index in [0.717, 1.165) is 21.3 Å². The summed E-state index contributed by atoms with van der Waals surface area (Å²) in [5, 5.41) is 8.71. The third-order valence-corrected chi connectivity index (χ3v) is 4.31. The monoisotopic (exact) mass is 312 g/mol. The lowest BCUT2D eigenvalue weighted by molar-refractivity contribution is -0.118. The van der Waals surface area contributed by atoms with Gasteiger partial charge >= 0.3 is 0 Å². The van der Waals surface area contributed by atoms with E-state index in [1.54, 1.807) is 18.4 Å². The molecule has 0 unspecified atom stereocenters. The SMILES string of the molecule is CNC(=O)CNc1ncnc2scc(-c3ccc(C)cc3)c12. The number of likely N-dealkylation sites (N-methyl/N-ethyl adjacent to an activating group) is 1. The smallest absolute Gasteiger partial charge is 0.239 e. The Kier molecular flexibility index (Phi) is 4.02. The maximum absolute atomic E-state index is 11.4. The van der Waals surface area contributed by atoms with Crippen LogP contribution in [0.2, 0.25) is 0 Å². The Morgan fingerprint density at radius 3 is 2.73 bits per heavy atom. The standard InChI is InChI=1S/C16H16N4OS/c1-10-3-5-11(6-4-10)12-8-22-16-14(12)15(19-9-20-16)18-7-13(21)17-2/h3-6,8-9H,7H2,1-2H3,(H,17,21)(H,18,19,20). The molecule has 1 amide bonds. The van der Waals surface area contributed by atoms with Gasteiger partial charge < -0.3 is 10.6 Å². The Balaban J connectivity index is 2.04. The maximum Gasteiger partial charge on any atom is 0.239 e. The van der Waals surface area contributed by atoms with Crippen LogP contribution in [0.15, 0.2) is 36.0 Å². The zero-order valence-electron chi connectivity index (χ0n) is 12.4. The highest BCUT2D eigenvalue weighted by Crippen LogP contribution is 2.36. The molecule has 2 heterocycles. The number of rotatable bonds is 4. The highest BCUT2D eigenvalue weighted by Gasteiger charge is 2.13. The van der Waals surface area contributed by atoms with Gasteiger partial charge in [-0.2, -0.15) is 0 Å². The summed E-state index contributed by atoms with van der Waals surface area (Å²) in [5.41, 5.74) is 3.42. The summed E-state index contributed by atoms with van der Waals surface area (Å²) in [5.74, 6) is 0.601. The van der Waals surface area contributed by atoms with Crippen LogP contribution in [0.4, 0.5) is 5.82 Å². The van der Waals surface area contributed by atoms with E-state index >= 15 is 0 Å². The number of thiophene rings is 1. The van der Waals surface area contributed by atoms with Crippen LogP contribution in [0.25, 0.3) is 21.3 Å². The molecular weight excluding hydrogens is 296 g/mol. The molecule has 0 fully saturated rings. The highest BCUT2D eigenvalue weighted by atomic mass is 32.1. The number of benzene rings is 1. The number of nitrogens with one attached hydrogen (secondary N) is 2. The van der Waals surface area contributed by atoms with E-state index in [1.165, 1.54) is 11.9 Å². The lowest BCUT2D eigenvalue weighted by Gasteiger charge is -2.08. The van der Waals surface area contributed by atoms with Crippen molar-refractivity contribution in [3.8, 4) is 11.1 Å². The van der Waals surface area contributed by atoms with Crippen molar-refractivity contribution in [2.24, 2.45) is 0 Å². The van der Waals surface area contributed by atoms with Crippen molar-refractivity contribution in [2.45, 2.75) is 6.92 Å². The molecule has 3 rings (SSSR count). The fourth-order valence-corrected chi connectivity index (χ4v) is 3.12. The minimum absolute atomic E-state index is 0.0844. The number of fused-ring (bicyclic) bond motifs is 1. The third-order valence-electron chi connectivity index (χ3n) is 3.43. The van der Waals surface area contributed by atoms with Crippen LogP contribution in [-0.4, -0.2) is 29.5 Å². The molecule has 5 nitrogen and oxygen atoms in total. The Hall–Kier alpha value is -2.47. The van der Waals surface area contributed by atoms with Gasteiger partial charge in [0.05, 0.1) is 11.9 Å². The molecule has 0 radical (unpaired) electrons. The average molecular weight is 312 g/mol. The Bertz CT molecular complexity index is 811. The largest absolute Gasteiger partial charge is 0.360 e. The van der Waals surface area contributed by atoms with Gasteiger partial charge in [0.1, 0.15) is 17.0 Å². The van der Waals surface area contributed by atoms with Gasteiger partial charge in [0, 0.05) is 18.0 Å². The van der Waals surface area contributed by atoms with Crippen molar-refractivity contribution in [2.75, 3.05) is 18.9 Å². The van der Waals surface area contributed by atoms with Gasteiger partial charge in [0.2, 0.25) is 5.91 Å². The van der Waals surface area contributed by atoms with E-state index < -0.39 is 0 Å². The Labute approximate surface area is 132 Å². The van der Waals surface area contributed by atoms with E-state index in [-0.39, 0.29) is 12.5 Å². The molecule has 0 aliphatic heterocycles. The molecule has 6 heteroatoms. The summed E-state index contributed by atoms with van der Waals surface area (Å²) >= 11 is 1.58. The number of amides is 1. The maximum atomic E-state index is 11.4. The van der Waals surface area contributed by atoms with Crippen molar-refractivity contribution in [1.29, 1.82) is 0 Å². The van der Waals surface area contributed by atoms with Crippen LogP contribution in [0.3, 0.4) is 0 Å². The van der Waals surface area contributed by atoms with Crippen molar-refractivity contribution in [3.63, 3.8) is 0 Å². The first-order valence-electron chi connectivity index (χ1n) is 6.92. The number of aryl methyl sites for hydroxylation is 1. The molecule has 0 aliphatic carbocycles. The Morgan fingerprint density at radius 1 is 1.23 bits per heavy atom. The van der Waals surface area contributed by atoms with Gasteiger partial charge in [-0.1, -0.05) is 29.8 Å². The second-order valence-electron chi connectivity index (χ2n) is 4.94. The van der Waals surface area contributed by atoms with Crippen molar-refractivity contribution < 1.29 is 4.79 Å². The van der Waals surface area contributed by atoms with Crippen LogP contribution >= 0.6 is 11.3 Å². The molecule has 0 aliphatic rings. The van der Waals surface area contributed by atoms with Crippen LogP contribution in [0, 0.1) is 6.92 Å². The number of hydrogen-bond donors (Lipinski definition) is 2. The summed E-state index contributed by atoms with van der Waals surface area (Å²) in [6.45, 7) is 2.25. The van der Waals surface area contributed by atoms with E-state index in [4.69, 9.17) is 0 Å². The summed E-state index contributed by atoms with van der Waals surface area (Å²) in [4.78, 5) is 21.0. The fourth-order valence-electron chi connectivity index (χ4n) is 2.21. The molecular formula is C16H16N4OS. The Morgan fingerprint density at radius 2 is 2.00 bits per heavy atom. The highest BCUT2D eigenvalue weighted by molar-refractivity contribution is 7.17. The molecule has 0 spiro atoms. The second-order valence-corrected chi connectivity index (χ2v) is 5.80. The minimum atomic E-state index is -0.0844. The normalized spacial score (nSPS) is 10.6. The van der Waals surface area contributed by atoms with Gasteiger partial charge in [0.15, 0.2) is 0 Å². The molecule has 22 heavy (non-hydrogen) atoms. The van der Waals surface area contributed by atoms with Gasteiger partial charge in [0.25, 0.3) is 0 Å². The fraction of sp³-hybridized carbons (Fsp3) is 0.188. The average Bonchev–Trinajstić information content (AvgIpc) is 2.98. The topological polar surface area (TPSA) is 66.9 Å². The molecule has 3 aromatic rings. The predicted octanol–water partition coefficient (Wildman–Crippen LogP) is 2.82. The van der Waals surface area contributed by atoms with Crippen molar-refractivity contribution in [1.82, 2.24) is 15.3 Å². The van der Waals surface area contributed by atoms with Crippen LogP contribution in [0.5, 0.6) is 0 Å². The molecule has 0 saturated heterocycles. The minimum Gasteiger partial charge on any atom is -0.360 e. The van der Waals surface area contributed by atoms with E-state index in [0.29, 0.717) is 5.82 Å². The van der Waals surface area contributed by atoms with Gasteiger partial charge in [-0.05, 0) is 12.5 Å². The number of aromatic nitrogens is 2.